The highest BCUT2D eigenvalue weighted by molar-refractivity contribution is 5.77. The summed E-state index contributed by atoms with van der Waals surface area (Å²) < 4.78 is 52.9. The lowest BCUT2D eigenvalue weighted by molar-refractivity contribution is -0.145. The van der Waals surface area contributed by atoms with E-state index in [9.17, 15) is 29.4 Å². The molecular formula is C29H32F2N2O10. The van der Waals surface area contributed by atoms with Crippen LogP contribution in [0.4, 0.5) is 8.78 Å². The summed E-state index contributed by atoms with van der Waals surface area (Å²) in [4.78, 5) is 48.1. The van der Waals surface area contributed by atoms with E-state index in [2.05, 4.69) is 0 Å². The quantitative estimate of drug-likeness (QED) is 0.213. The van der Waals surface area contributed by atoms with Crippen molar-refractivity contribution < 1.29 is 57.1 Å². The minimum Gasteiger partial charge on any atom is -0.493 e. The van der Waals surface area contributed by atoms with Gasteiger partial charge in [-0.3, -0.25) is 19.4 Å². The van der Waals surface area contributed by atoms with Gasteiger partial charge in [0, 0.05) is 56.6 Å². The number of carboxylic acids is 2. The maximum atomic E-state index is 15.5. The fourth-order valence-electron chi connectivity index (χ4n) is 5.39. The van der Waals surface area contributed by atoms with Crippen LogP contribution in [0.3, 0.4) is 0 Å². The van der Waals surface area contributed by atoms with Crippen LogP contribution < -0.4 is 18.9 Å². The molecule has 2 atom stereocenters. The Kier molecular flexibility index (Phi) is 10.1. The van der Waals surface area contributed by atoms with Gasteiger partial charge in [-0.15, -0.1) is 0 Å². The predicted octanol–water partition coefficient (Wildman–Crippen LogP) is 2.55. The predicted molar refractivity (Wildman–Crippen MR) is 144 cm³/mol. The number of rotatable bonds is 16. The van der Waals surface area contributed by atoms with Crippen molar-refractivity contribution in [2.75, 3.05) is 27.4 Å². The number of carboxylic acid groups (broad SMARTS) is 2. The van der Waals surface area contributed by atoms with Gasteiger partial charge in [-0.05, 0) is 23.3 Å². The van der Waals surface area contributed by atoms with Crippen molar-refractivity contribution in [1.29, 1.82) is 0 Å². The Morgan fingerprint density at radius 1 is 0.791 bits per heavy atom. The first kappa shape index (κ1) is 31.6. The number of carbonyl (C=O) groups excluding carboxylic acids is 2. The molecule has 0 saturated heterocycles. The standard InChI is InChI=1S/C29H32F2N2O10/c1-40-22-10-16-12-32(20(4-6-34)28(36)37)14-18(16)24(30)26(22)42-8-3-9-43-27-23(41-2)11-17-13-33(15-19(17)25(27)31)21(5-7-35)29(38)39/h6-7,10-11,20-21H,3-5,8-9,12-15H2,1-2H3,(H,36,37)(H,38,39). The normalized spacial score (nSPS) is 15.7. The van der Waals surface area contributed by atoms with Gasteiger partial charge in [0.1, 0.15) is 24.7 Å². The maximum Gasteiger partial charge on any atom is 0.321 e. The van der Waals surface area contributed by atoms with Gasteiger partial charge in [-0.2, -0.15) is 0 Å². The summed E-state index contributed by atoms with van der Waals surface area (Å²) in [6.07, 6.45) is 0.765. The molecule has 2 N–H and O–H groups in total. The van der Waals surface area contributed by atoms with Crippen LogP contribution in [-0.4, -0.2) is 84.0 Å². The minimum absolute atomic E-state index is 0.0212. The number of aldehydes is 2. The van der Waals surface area contributed by atoms with Gasteiger partial charge in [0.2, 0.25) is 0 Å². The third kappa shape index (κ3) is 6.54. The third-order valence-corrected chi connectivity index (χ3v) is 7.54. The van der Waals surface area contributed by atoms with Crippen LogP contribution in [0.2, 0.25) is 0 Å². The van der Waals surface area contributed by atoms with Crippen molar-refractivity contribution in [3.63, 3.8) is 0 Å². The molecule has 2 aromatic rings. The fourth-order valence-corrected chi connectivity index (χ4v) is 5.39. The number of hydrogen-bond acceptors (Lipinski definition) is 10. The lowest BCUT2D eigenvalue weighted by Gasteiger charge is -2.21. The molecule has 2 heterocycles. The maximum absolute atomic E-state index is 15.5. The van der Waals surface area contributed by atoms with Crippen molar-refractivity contribution in [2.45, 2.75) is 57.5 Å². The summed E-state index contributed by atoms with van der Waals surface area (Å²) in [5.74, 6) is -3.83. The SMILES string of the molecule is COc1cc2c(c(F)c1OCCCOc1c(OC)cc3c(c1F)CN(C(CC=O)C(=O)O)C3)CN(C(CC=O)C(=O)O)C2. The molecule has 0 saturated carbocycles. The number of fused-ring (bicyclic) bond motifs is 2. The highest BCUT2D eigenvalue weighted by Gasteiger charge is 2.35. The molecule has 43 heavy (non-hydrogen) atoms. The number of hydrogen-bond donors (Lipinski definition) is 2. The highest BCUT2D eigenvalue weighted by atomic mass is 19.1. The number of aliphatic carboxylic acids is 2. The van der Waals surface area contributed by atoms with E-state index >= 15 is 8.78 Å². The van der Waals surface area contributed by atoms with E-state index in [0.717, 1.165) is 0 Å². The zero-order valence-corrected chi connectivity index (χ0v) is 23.6. The van der Waals surface area contributed by atoms with Gasteiger partial charge in [-0.25, -0.2) is 8.78 Å². The van der Waals surface area contributed by atoms with E-state index < -0.39 is 35.7 Å². The smallest absolute Gasteiger partial charge is 0.321 e. The third-order valence-electron chi connectivity index (χ3n) is 7.54. The van der Waals surface area contributed by atoms with Crippen molar-refractivity contribution >= 4 is 24.5 Å². The molecule has 0 amide bonds. The topological polar surface area (TPSA) is 152 Å². The van der Waals surface area contributed by atoms with E-state index in [1.165, 1.54) is 24.0 Å². The molecule has 2 aromatic carbocycles. The zero-order valence-electron chi connectivity index (χ0n) is 23.6. The second kappa shape index (κ2) is 13.8. The molecule has 14 heteroatoms. The number of ether oxygens (including phenoxy) is 4. The van der Waals surface area contributed by atoms with Crippen LogP contribution >= 0.6 is 0 Å². The largest absolute Gasteiger partial charge is 0.493 e. The summed E-state index contributed by atoms with van der Waals surface area (Å²) >= 11 is 0. The molecule has 0 radical (unpaired) electrons. The molecule has 2 aliphatic heterocycles. The molecule has 0 fully saturated rings. The van der Waals surface area contributed by atoms with Crippen LogP contribution in [0.5, 0.6) is 23.0 Å². The molecule has 0 bridgehead atoms. The van der Waals surface area contributed by atoms with Crippen LogP contribution in [0.25, 0.3) is 0 Å². The lowest BCUT2D eigenvalue weighted by Crippen LogP contribution is -2.37. The number of methoxy groups -OCH3 is 2. The Bertz CT molecular complexity index is 1300. The molecule has 4 rings (SSSR count). The Labute approximate surface area is 245 Å². The molecule has 12 nitrogen and oxygen atoms in total. The van der Waals surface area contributed by atoms with E-state index in [-0.39, 0.29) is 92.8 Å². The summed E-state index contributed by atoms with van der Waals surface area (Å²) in [5.41, 5.74) is 1.56. The molecule has 0 aromatic heterocycles. The molecule has 0 aliphatic carbocycles. The van der Waals surface area contributed by atoms with Gasteiger partial charge in [0.25, 0.3) is 0 Å². The van der Waals surface area contributed by atoms with Crippen molar-refractivity contribution in [3.8, 4) is 23.0 Å². The van der Waals surface area contributed by atoms with E-state index in [1.807, 2.05) is 0 Å². The summed E-state index contributed by atoms with van der Waals surface area (Å²) in [5, 5.41) is 18.9. The van der Waals surface area contributed by atoms with E-state index in [4.69, 9.17) is 18.9 Å². The van der Waals surface area contributed by atoms with Crippen LogP contribution in [0, 0.1) is 11.6 Å². The van der Waals surface area contributed by atoms with Crippen LogP contribution in [0.1, 0.15) is 41.5 Å². The molecule has 232 valence electrons. The number of halogens is 2. The molecule has 0 spiro atoms. The Morgan fingerprint density at radius 2 is 1.19 bits per heavy atom. The molecule has 2 unspecified atom stereocenters. The van der Waals surface area contributed by atoms with Crippen LogP contribution in [0.15, 0.2) is 12.1 Å². The van der Waals surface area contributed by atoms with E-state index in [0.29, 0.717) is 23.7 Å². The minimum atomic E-state index is -1.18. The summed E-state index contributed by atoms with van der Waals surface area (Å²) in [6, 6.07) is 0.961. The molecular weight excluding hydrogens is 574 g/mol. The van der Waals surface area contributed by atoms with Crippen LogP contribution in [-0.2, 0) is 45.4 Å². The lowest BCUT2D eigenvalue weighted by atomic mass is 10.1. The number of carbonyl (C=O) groups is 4. The average Bonchev–Trinajstić information content (AvgIpc) is 3.60. The van der Waals surface area contributed by atoms with Crippen molar-refractivity contribution in [2.24, 2.45) is 0 Å². The average molecular weight is 607 g/mol. The molecule has 2 aliphatic rings. The second-order valence-corrected chi connectivity index (χ2v) is 10.1. The van der Waals surface area contributed by atoms with Gasteiger partial charge in [0.05, 0.1) is 27.4 Å². The van der Waals surface area contributed by atoms with Crippen molar-refractivity contribution in [3.05, 3.63) is 46.0 Å². The monoisotopic (exact) mass is 606 g/mol. The highest BCUT2D eigenvalue weighted by Crippen LogP contribution is 2.41. The van der Waals surface area contributed by atoms with Gasteiger partial charge in [-0.1, -0.05) is 0 Å². The summed E-state index contributed by atoms with van der Waals surface area (Å²) in [7, 11) is 2.69. The fraction of sp³-hybridized carbons (Fsp3) is 0.448. The number of nitrogens with zero attached hydrogens (tertiary/aromatic N) is 2. The Hall–Kier alpha value is -4.30. The Balaban J connectivity index is 1.40. The van der Waals surface area contributed by atoms with Gasteiger partial charge < -0.3 is 38.7 Å². The van der Waals surface area contributed by atoms with E-state index in [1.54, 1.807) is 12.1 Å². The van der Waals surface area contributed by atoms with Gasteiger partial charge >= 0.3 is 11.9 Å². The van der Waals surface area contributed by atoms with Gasteiger partial charge in [0.15, 0.2) is 34.6 Å². The zero-order chi connectivity index (χ0) is 31.3. The first-order valence-electron chi connectivity index (χ1n) is 13.5. The Morgan fingerprint density at radius 3 is 1.51 bits per heavy atom. The second-order valence-electron chi connectivity index (χ2n) is 10.1. The summed E-state index contributed by atoms with van der Waals surface area (Å²) in [6.45, 7) is 0.142. The number of benzene rings is 2. The van der Waals surface area contributed by atoms with Crippen molar-refractivity contribution in [1.82, 2.24) is 9.80 Å². The first-order chi connectivity index (χ1) is 20.6. The first-order valence-corrected chi connectivity index (χ1v) is 13.5.